The lowest BCUT2D eigenvalue weighted by Gasteiger charge is -2.36. The lowest BCUT2D eigenvalue weighted by Crippen LogP contribution is -2.43. The second kappa shape index (κ2) is 5.45. The van der Waals surface area contributed by atoms with Crippen LogP contribution in [0.2, 0.25) is 18.1 Å². The third kappa shape index (κ3) is 3.59. The van der Waals surface area contributed by atoms with E-state index in [1.54, 1.807) is 0 Å². The lowest BCUT2D eigenvalue weighted by atomic mass is 10.1. The Morgan fingerprint density at radius 2 is 1.89 bits per heavy atom. The molecule has 1 N–H and O–H groups in total. The molecule has 18 heavy (non-hydrogen) atoms. The molecule has 1 rings (SSSR count). The van der Waals surface area contributed by atoms with E-state index >= 15 is 0 Å². The van der Waals surface area contributed by atoms with Gasteiger partial charge in [0.05, 0.1) is 6.10 Å². The number of hydrogen-bond donors (Lipinski definition) is 1. The van der Waals surface area contributed by atoms with E-state index in [0.717, 1.165) is 17.7 Å². The topological polar surface area (TPSA) is 29.5 Å². The van der Waals surface area contributed by atoms with E-state index < -0.39 is 14.4 Å². The largest absolute Gasteiger partial charge is 0.543 e. The fraction of sp³-hybridized carbons (Fsp3) is 0.600. The first-order valence-corrected chi connectivity index (χ1v) is 9.55. The SMILES string of the molecule is CCC(O)c1cccc(O[Si](C)(C)C(C)(C)C)c1. The van der Waals surface area contributed by atoms with Gasteiger partial charge in [-0.2, -0.15) is 0 Å². The molecular weight excluding hydrogens is 240 g/mol. The maximum Gasteiger partial charge on any atom is 0.250 e. The van der Waals surface area contributed by atoms with E-state index in [4.69, 9.17) is 4.43 Å². The zero-order valence-corrected chi connectivity index (χ0v) is 13.4. The minimum absolute atomic E-state index is 0.187. The predicted molar refractivity (Wildman–Crippen MR) is 79.5 cm³/mol. The van der Waals surface area contributed by atoms with Crippen molar-refractivity contribution in [3.8, 4) is 5.75 Å². The van der Waals surface area contributed by atoms with Crippen LogP contribution in [-0.4, -0.2) is 13.4 Å². The summed E-state index contributed by atoms with van der Waals surface area (Å²) < 4.78 is 6.23. The van der Waals surface area contributed by atoms with Gasteiger partial charge in [-0.05, 0) is 42.2 Å². The standard InChI is InChI=1S/C15H26O2Si/c1-7-14(16)12-9-8-10-13(11-12)17-18(5,6)15(2,3)4/h8-11,14,16H,7H2,1-6H3. The zero-order valence-electron chi connectivity index (χ0n) is 12.4. The summed E-state index contributed by atoms with van der Waals surface area (Å²) in [4.78, 5) is 0. The van der Waals surface area contributed by atoms with Crippen LogP contribution in [0.5, 0.6) is 5.75 Å². The fourth-order valence-corrected chi connectivity index (χ4v) is 2.49. The van der Waals surface area contributed by atoms with E-state index in [9.17, 15) is 5.11 Å². The van der Waals surface area contributed by atoms with Crippen molar-refractivity contribution in [3.63, 3.8) is 0 Å². The molecule has 0 bridgehead atoms. The predicted octanol–water partition coefficient (Wildman–Crippen LogP) is 4.51. The molecule has 0 heterocycles. The van der Waals surface area contributed by atoms with Gasteiger partial charge in [-0.15, -0.1) is 0 Å². The highest BCUT2D eigenvalue weighted by molar-refractivity contribution is 6.74. The molecule has 1 aromatic carbocycles. The van der Waals surface area contributed by atoms with Gasteiger partial charge in [-0.3, -0.25) is 0 Å². The van der Waals surface area contributed by atoms with Gasteiger partial charge in [-0.25, -0.2) is 0 Å². The summed E-state index contributed by atoms with van der Waals surface area (Å²) in [6.45, 7) is 13.1. The quantitative estimate of drug-likeness (QED) is 0.812. The molecule has 0 amide bonds. The monoisotopic (exact) mass is 266 g/mol. The van der Waals surface area contributed by atoms with Gasteiger partial charge in [0, 0.05) is 0 Å². The highest BCUT2D eigenvalue weighted by Gasteiger charge is 2.38. The molecule has 1 aromatic rings. The van der Waals surface area contributed by atoms with Crippen molar-refractivity contribution in [2.45, 2.75) is 58.4 Å². The van der Waals surface area contributed by atoms with Gasteiger partial charge in [0.1, 0.15) is 5.75 Å². The molecule has 0 saturated carbocycles. The summed E-state index contributed by atoms with van der Waals surface area (Å²) in [6, 6.07) is 7.85. The normalized spacial score (nSPS) is 14.4. The van der Waals surface area contributed by atoms with Crippen LogP contribution >= 0.6 is 0 Å². The Labute approximate surface area is 112 Å². The van der Waals surface area contributed by atoms with Crippen LogP contribution in [0.25, 0.3) is 0 Å². The van der Waals surface area contributed by atoms with Crippen molar-refractivity contribution >= 4 is 8.32 Å². The molecule has 0 radical (unpaired) electrons. The molecule has 0 fully saturated rings. The molecule has 3 heteroatoms. The second-order valence-corrected chi connectivity index (χ2v) is 11.1. The minimum Gasteiger partial charge on any atom is -0.543 e. The Morgan fingerprint density at radius 3 is 2.39 bits per heavy atom. The Kier molecular flexibility index (Phi) is 4.62. The fourth-order valence-electron chi connectivity index (χ4n) is 1.47. The molecule has 2 nitrogen and oxygen atoms in total. The van der Waals surface area contributed by atoms with Crippen molar-refractivity contribution in [2.75, 3.05) is 0 Å². The van der Waals surface area contributed by atoms with Crippen molar-refractivity contribution in [2.24, 2.45) is 0 Å². The van der Waals surface area contributed by atoms with E-state index in [1.807, 2.05) is 31.2 Å². The smallest absolute Gasteiger partial charge is 0.250 e. The van der Waals surface area contributed by atoms with Crippen molar-refractivity contribution in [1.29, 1.82) is 0 Å². The van der Waals surface area contributed by atoms with Gasteiger partial charge in [0.15, 0.2) is 0 Å². The van der Waals surface area contributed by atoms with Gasteiger partial charge in [-0.1, -0.05) is 39.8 Å². The van der Waals surface area contributed by atoms with Crippen LogP contribution in [0.15, 0.2) is 24.3 Å². The molecule has 0 saturated heterocycles. The molecule has 0 aliphatic rings. The summed E-state index contributed by atoms with van der Waals surface area (Å²) in [5.41, 5.74) is 0.939. The highest BCUT2D eigenvalue weighted by atomic mass is 28.4. The van der Waals surface area contributed by atoms with Crippen LogP contribution in [-0.2, 0) is 0 Å². The molecule has 102 valence electrons. The number of hydrogen-bond acceptors (Lipinski definition) is 2. The Morgan fingerprint density at radius 1 is 1.28 bits per heavy atom. The Balaban J connectivity index is 2.92. The average molecular weight is 266 g/mol. The van der Waals surface area contributed by atoms with Crippen molar-refractivity contribution in [1.82, 2.24) is 0 Å². The van der Waals surface area contributed by atoms with E-state index in [2.05, 4.69) is 33.9 Å². The number of aliphatic hydroxyl groups is 1. The molecule has 0 spiro atoms. The van der Waals surface area contributed by atoms with Gasteiger partial charge >= 0.3 is 0 Å². The molecule has 1 unspecified atom stereocenters. The highest BCUT2D eigenvalue weighted by Crippen LogP contribution is 2.37. The first kappa shape index (κ1) is 15.3. The Bertz CT molecular complexity index is 394. The summed E-state index contributed by atoms with van der Waals surface area (Å²) >= 11 is 0. The molecule has 0 aliphatic heterocycles. The zero-order chi connectivity index (χ0) is 14.0. The third-order valence-corrected chi connectivity index (χ3v) is 8.17. The first-order valence-electron chi connectivity index (χ1n) is 6.64. The third-order valence-electron chi connectivity index (χ3n) is 3.81. The minimum atomic E-state index is -1.80. The van der Waals surface area contributed by atoms with Crippen LogP contribution in [0, 0.1) is 0 Å². The van der Waals surface area contributed by atoms with Crippen LogP contribution in [0.4, 0.5) is 0 Å². The molecular formula is C15H26O2Si. The maximum absolute atomic E-state index is 9.87. The van der Waals surface area contributed by atoms with E-state index in [-0.39, 0.29) is 5.04 Å². The maximum atomic E-state index is 9.87. The number of rotatable bonds is 4. The number of aliphatic hydroxyl groups excluding tert-OH is 1. The van der Waals surface area contributed by atoms with Gasteiger partial charge < -0.3 is 9.53 Å². The Hall–Kier alpha value is -0.803. The van der Waals surface area contributed by atoms with Crippen LogP contribution in [0.1, 0.15) is 45.8 Å². The second-order valence-electron chi connectivity index (χ2n) is 6.36. The van der Waals surface area contributed by atoms with Crippen LogP contribution < -0.4 is 4.43 Å². The van der Waals surface area contributed by atoms with Gasteiger partial charge in [0.2, 0.25) is 8.32 Å². The summed E-state index contributed by atoms with van der Waals surface area (Å²) in [7, 11) is -1.80. The first-order chi connectivity index (χ1) is 8.17. The molecule has 1 atom stereocenters. The summed E-state index contributed by atoms with van der Waals surface area (Å²) in [5.74, 6) is 0.881. The molecule has 0 aliphatic carbocycles. The summed E-state index contributed by atoms with van der Waals surface area (Å²) in [5, 5.41) is 10.1. The van der Waals surface area contributed by atoms with Crippen molar-refractivity contribution < 1.29 is 9.53 Å². The van der Waals surface area contributed by atoms with E-state index in [1.165, 1.54) is 0 Å². The van der Waals surface area contributed by atoms with Crippen molar-refractivity contribution in [3.05, 3.63) is 29.8 Å². The summed E-state index contributed by atoms with van der Waals surface area (Å²) in [6.07, 6.45) is 0.330. The number of benzene rings is 1. The average Bonchev–Trinajstić information content (AvgIpc) is 2.26. The van der Waals surface area contributed by atoms with Crippen LogP contribution in [0.3, 0.4) is 0 Å². The molecule has 0 aromatic heterocycles. The van der Waals surface area contributed by atoms with E-state index in [0.29, 0.717) is 0 Å². The van der Waals surface area contributed by atoms with Gasteiger partial charge in [0.25, 0.3) is 0 Å². The lowest BCUT2D eigenvalue weighted by molar-refractivity contribution is 0.173.